The van der Waals surface area contributed by atoms with Crippen molar-refractivity contribution in [2.75, 3.05) is 26.1 Å². The number of rotatable bonds is 6. The summed E-state index contributed by atoms with van der Waals surface area (Å²) in [5.74, 6) is 0.316. The van der Waals surface area contributed by atoms with E-state index in [0.717, 1.165) is 35.3 Å². The van der Waals surface area contributed by atoms with E-state index in [9.17, 15) is 9.59 Å². The van der Waals surface area contributed by atoms with Crippen molar-refractivity contribution < 1.29 is 23.8 Å². The highest BCUT2D eigenvalue weighted by Crippen LogP contribution is 2.39. The van der Waals surface area contributed by atoms with Gasteiger partial charge in [-0.1, -0.05) is 6.07 Å². The Hall–Kier alpha value is -2.54. The summed E-state index contributed by atoms with van der Waals surface area (Å²) >= 11 is 1.44. The first-order chi connectivity index (χ1) is 12.5. The second-order valence-electron chi connectivity index (χ2n) is 6.04. The van der Waals surface area contributed by atoms with Crippen LogP contribution in [0.3, 0.4) is 0 Å². The summed E-state index contributed by atoms with van der Waals surface area (Å²) in [6.07, 6.45) is 2.79. The minimum Gasteiger partial charge on any atom is -0.493 e. The maximum atomic E-state index is 12.3. The third-order valence-corrected chi connectivity index (χ3v) is 5.45. The molecule has 0 spiro atoms. The molecular formula is C19H21NO5S. The molecule has 6 nitrogen and oxygen atoms in total. The minimum absolute atomic E-state index is 0.178. The van der Waals surface area contributed by atoms with E-state index in [-0.39, 0.29) is 12.5 Å². The topological polar surface area (TPSA) is 73.9 Å². The van der Waals surface area contributed by atoms with Crippen LogP contribution in [0.1, 0.15) is 32.8 Å². The highest BCUT2D eigenvalue weighted by atomic mass is 32.1. The Labute approximate surface area is 156 Å². The predicted molar refractivity (Wildman–Crippen MR) is 99.5 cm³/mol. The number of hydrogen-bond donors (Lipinski definition) is 1. The molecule has 0 aliphatic heterocycles. The summed E-state index contributed by atoms with van der Waals surface area (Å²) in [5, 5.41) is 3.32. The van der Waals surface area contributed by atoms with Gasteiger partial charge in [-0.2, -0.15) is 0 Å². The van der Waals surface area contributed by atoms with Crippen molar-refractivity contribution >= 4 is 28.2 Å². The Bertz CT molecular complexity index is 843. The van der Waals surface area contributed by atoms with Crippen LogP contribution in [0, 0.1) is 6.92 Å². The number of nitrogens with one attached hydrogen (secondary N) is 1. The first-order valence-corrected chi connectivity index (χ1v) is 9.15. The summed E-state index contributed by atoms with van der Waals surface area (Å²) in [4.78, 5) is 25.6. The third kappa shape index (κ3) is 3.67. The maximum Gasteiger partial charge on any atom is 0.341 e. The quantitative estimate of drug-likeness (QED) is 0.784. The molecule has 7 heteroatoms. The lowest BCUT2D eigenvalue weighted by Crippen LogP contribution is -2.21. The van der Waals surface area contributed by atoms with Crippen molar-refractivity contribution in [3.8, 4) is 11.5 Å². The molecule has 0 bridgehead atoms. The molecule has 0 atom stereocenters. The molecule has 0 saturated carbocycles. The van der Waals surface area contributed by atoms with E-state index >= 15 is 0 Å². The van der Waals surface area contributed by atoms with Gasteiger partial charge < -0.3 is 19.5 Å². The fourth-order valence-electron chi connectivity index (χ4n) is 3.01. The molecule has 1 amide bonds. The molecule has 0 unspecified atom stereocenters. The van der Waals surface area contributed by atoms with Gasteiger partial charge in [-0.25, -0.2) is 4.79 Å². The van der Waals surface area contributed by atoms with Crippen molar-refractivity contribution in [3.63, 3.8) is 0 Å². The molecule has 1 aliphatic rings. The van der Waals surface area contributed by atoms with Crippen LogP contribution in [-0.4, -0.2) is 32.7 Å². The van der Waals surface area contributed by atoms with Gasteiger partial charge >= 0.3 is 5.97 Å². The summed E-state index contributed by atoms with van der Waals surface area (Å²) < 4.78 is 15.7. The molecule has 0 saturated heterocycles. The number of ether oxygens (including phenoxy) is 3. The van der Waals surface area contributed by atoms with Crippen molar-refractivity contribution in [2.45, 2.75) is 26.2 Å². The van der Waals surface area contributed by atoms with Gasteiger partial charge in [-0.05, 0) is 49.4 Å². The van der Waals surface area contributed by atoms with Gasteiger partial charge in [0.25, 0.3) is 5.91 Å². The zero-order valence-electron chi connectivity index (χ0n) is 15.0. The van der Waals surface area contributed by atoms with E-state index in [2.05, 4.69) is 5.32 Å². The van der Waals surface area contributed by atoms with Crippen LogP contribution in [0.25, 0.3) is 0 Å². The van der Waals surface area contributed by atoms with E-state index in [0.29, 0.717) is 22.1 Å². The molecule has 1 aliphatic carbocycles. The summed E-state index contributed by atoms with van der Waals surface area (Å²) in [7, 11) is 2.90. The second-order valence-corrected chi connectivity index (χ2v) is 7.15. The van der Waals surface area contributed by atoms with E-state index in [1.807, 2.05) is 19.1 Å². The van der Waals surface area contributed by atoms with Gasteiger partial charge in [-0.3, -0.25) is 4.79 Å². The average Bonchev–Trinajstić information content (AvgIpc) is 3.20. The van der Waals surface area contributed by atoms with Crippen molar-refractivity contribution in [2.24, 2.45) is 0 Å². The Morgan fingerprint density at radius 1 is 1.19 bits per heavy atom. The highest BCUT2D eigenvalue weighted by molar-refractivity contribution is 7.17. The lowest BCUT2D eigenvalue weighted by molar-refractivity contribution is -0.118. The van der Waals surface area contributed by atoms with Crippen molar-refractivity contribution in [3.05, 3.63) is 39.8 Å². The van der Waals surface area contributed by atoms with E-state index in [1.165, 1.54) is 18.4 Å². The standard InChI is InChI=1S/C19H21NO5S/c1-11-7-8-13(14(9-11)23-2)25-10-16(21)20-18-17(19(22)24-3)12-5-4-6-15(12)26-18/h7-9H,4-6,10H2,1-3H3,(H,20,21). The number of aryl methyl sites for hydroxylation is 2. The van der Waals surface area contributed by atoms with Crippen molar-refractivity contribution in [1.82, 2.24) is 0 Å². The molecule has 3 rings (SSSR count). The Morgan fingerprint density at radius 3 is 2.73 bits per heavy atom. The fourth-order valence-corrected chi connectivity index (χ4v) is 4.30. The monoisotopic (exact) mass is 375 g/mol. The number of fused-ring (bicyclic) bond motifs is 1. The zero-order valence-corrected chi connectivity index (χ0v) is 15.8. The smallest absolute Gasteiger partial charge is 0.341 e. The number of carbonyl (C=O) groups is 2. The van der Waals surface area contributed by atoms with Gasteiger partial charge in [0.2, 0.25) is 0 Å². The molecule has 1 N–H and O–H groups in total. The molecule has 1 heterocycles. The molecule has 0 radical (unpaired) electrons. The number of benzene rings is 1. The van der Waals surface area contributed by atoms with E-state index < -0.39 is 5.97 Å². The fraction of sp³-hybridized carbons (Fsp3) is 0.368. The normalized spacial score (nSPS) is 12.4. The number of esters is 1. The zero-order chi connectivity index (χ0) is 18.7. The van der Waals surface area contributed by atoms with Gasteiger partial charge in [0.1, 0.15) is 5.00 Å². The lowest BCUT2D eigenvalue weighted by Gasteiger charge is -2.11. The van der Waals surface area contributed by atoms with Crippen LogP contribution in [0.5, 0.6) is 11.5 Å². The van der Waals surface area contributed by atoms with Crippen LogP contribution in [0.15, 0.2) is 18.2 Å². The summed E-state index contributed by atoms with van der Waals surface area (Å²) in [6.45, 7) is 1.77. The van der Waals surface area contributed by atoms with E-state index in [4.69, 9.17) is 14.2 Å². The number of methoxy groups -OCH3 is 2. The van der Waals surface area contributed by atoms with Crippen LogP contribution < -0.4 is 14.8 Å². The van der Waals surface area contributed by atoms with Crippen LogP contribution >= 0.6 is 11.3 Å². The summed E-state index contributed by atoms with van der Waals surface area (Å²) in [5.41, 5.74) is 2.51. The second kappa shape index (κ2) is 7.78. The lowest BCUT2D eigenvalue weighted by atomic mass is 10.1. The molecule has 26 heavy (non-hydrogen) atoms. The molecule has 2 aromatic rings. The Morgan fingerprint density at radius 2 is 2.00 bits per heavy atom. The van der Waals surface area contributed by atoms with Gasteiger partial charge in [0.05, 0.1) is 19.8 Å². The molecule has 1 aromatic carbocycles. The summed E-state index contributed by atoms with van der Waals surface area (Å²) in [6, 6.07) is 5.49. The van der Waals surface area contributed by atoms with Gasteiger partial charge in [0, 0.05) is 4.88 Å². The van der Waals surface area contributed by atoms with Crippen molar-refractivity contribution in [1.29, 1.82) is 0 Å². The predicted octanol–water partition coefficient (Wildman–Crippen LogP) is 3.36. The van der Waals surface area contributed by atoms with Crippen LogP contribution in [0.4, 0.5) is 5.00 Å². The first kappa shape index (κ1) is 18.3. The highest BCUT2D eigenvalue weighted by Gasteiger charge is 2.28. The van der Waals surface area contributed by atoms with Crippen LogP contribution in [0.2, 0.25) is 0 Å². The number of hydrogen-bond acceptors (Lipinski definition) is 6. The number of amides is 1. The first-order valence-electron chi connectivity index (χ1n) is 8.33. The maximum absolute atomic E-state index is 12.3. The molecule has 1 aromatic heterocycles. The largest absolute Gasteiger partial charge is 0.493 e. The Balaban J connectivity index is 1.70. The SMILES string of the molecule is COC(=O)c1c(NC(=O)COc2ccc(C)cc2OC)sc2c1CCC2. The van der Waals surface area contributed by atoms with Crippen LogP contribution in [-0.2, 0) is 22.4 Å². The molecular weight excluding hydrogens is 354 g/mol. The number of thiophene rings is 1. The number of carbonyl (C=O) groups excluding carboxylic acids is 2. The number of anilines is 1. The van der Waals surface area contributed by atoms with Gasteiger partial charge in [0.15, 0.2) is 18.1 Å². The third-order valence-electron chi connectivity index (χ3n) is 4.24. The molecule has 138 valence electrons. The average molecular weight is 375 g/mol. The Kier molecular flexibility index (Phi) is 5.46. The van der Waals surface area contributed by atoms with Gasteiger partial charge in [-0.15, -0.1) is 11.3 Å². The molecule has 0 fully saturated rings. The van der Waals surface area contributed by atoms with E-state index in [1.54, 1.807) is 13.2 Å². The minimum atomic E-state index is -0.416.